The van der Waals surface area contributed by atoms with Gasteiger partial charge in [-0.15, -0.1) is 0 Å². The molecule has 2 N–H and O–H groups in total. The fourth-order valence-corrected chi connectivity index (χ4v) is 2.73. The lowest BCUT2D eigenvalue weighted by molar-refractivity contribution is -0.385. The zero-order chi connectivity index (χ0) is 15.5. The highest BCUT2D eigenvalue weighted by Crippen LogP contribution is 2.35. The molecule has 114 valence electrons. The molecule has 0 atom stereocenters. The van der Waals surface area contributed by atoms with Crippen LogP contribution in [0.1, 0.15) is 18.4 Å². The van der Waals surface area contributed by atoms with Crippen LogP contribution < -0.4 is 10.1 Å². The molecule has 2 rings (SSSR count). The zero-order valence-corrected chi connectivity index (χ0v) is 11.8. The van der Waals surface area contributed by atoms with E-state index in [0.29, 0.717) is 37.2 Å². The lowest BCUT2D eigenvalue weighted by Crippen LogP contribution is -2.43. The van der Waals surface area contributed by atoms with E-state index in [2.05, 4.69) is 5.32 Å². The minimum absolute atomic E-state index is 0.0844. The Morgan fingerprint density at radius 2 is 2.10 bits per heavy atom. The summed E-state index contributed by atoms with van der Waals surface area (Å²) in [7, 11) is 1.43. The van der Waals surface area contributed by atoms with Crippen LogP contribution in [-0.2, 0) is 11.2 Å². The largest absolute Gasteiger partial charge is 0.496 e. The van der Waals surface area contributed by atoms with Crippen LogP contribution in [0.15, 0.2) is 18.2 Å². The van der Waals surface area contributed by atoms with Gasteiger partial charge in [0.15, 0.2) is 0 Å². The lowest BCUT2D eigenvalue weighted by Gasteiger charge is -2.33. The Morgan fingerprint density at radius 1 is 1.43 bits per heavy atom. The maximum atomic E-state index is 11.7. The number of rotatable bonds is 5. The first kappa shape index (κ1) is 15.2. The van der Waals surface area contributed by atoms with E-state index in [-0.39, 0.29) is 12.1 Å². The highest BCUT2D eigenvalue weighted by Gasteiger charge is 2.40. The molecular formula is C14H18N2O5. The summed E-state index contributed by atoms with van der Waals surface area (Å²) in [4.78, 5) is 22.1. The molecule has 0 amide bonds. The fourth-order valence-electron chi connectivity index (χ4n) is 2.73. The third kappa shape index (κ3) is 3.30. The van der Waals surface area contributed by atoms with E-state index >= 15 is 0 Å². The minimum Gasteiger partial charge on any atom is -0.496 e. The topological polar surface area (TPSA) is 102 Å². The molecule has 7 heteroatoms. The van der Waals surface area contributed by atoms with Crippen LogP contribution in [0.25, 0.3) is 0 Å². The smallest absolute Gasteiger partial charge is 0.310 e. The van der Waals surface area contributed by atoms with Gasteiger partial charge in [-0.25, -0.2) is 0 Å². The van der Waals surface area contributed by atoms with Crippen molar-refractivity contribution in [3.05, 3.63) is 33.9 Å². The number of benzene rings is 1. The van der Waals surface area contributed by atoms with Crippen LogP contribution in [-0.4, -0.2) is 36.2 Å². The second-order valence-corrected chi connectivity index (χ2v) is 5.31. The minimum atomic E-state index is -0.870. The lowest BCUT2D eigenvalue weighted by atomic mass is 9.74. The molecule has 0 aliphatic carbocycles. The quantitative estimate of drug-likeness (QED) is 0.631. The number of carbonyl (C=O) groups is 1. The van der Waals surface area contributed by atoms with Crippen molar-refractivity contribution in [3.63, 3.8) is 0 Å². The van der Waals surface area contributed by atoms with Gasteiger partial charge in [-0.05, 0) is 44.0 Å². The van der Waals surface area contributed by atoms with Crippen LogP contribution in [0.5, 0.6) is 5.75 Å². The molecule has 1 aliphatic heterocycles. The van der Waals surface area contributed by atoms with Crippen molar-refractivity contribution >= 4 is 11.7 Å². The monoisotopic (exact) mass is 294 g/mol. The first-order valence-electron chi connectivity index (χ1n) is 6.73. The van der Waals surface area contributed by atoms with Crippen molar-refractivity contribution in [1.82, 2.24) is 5.32 Å². The maximum absolute atomic E-state index is 11.7. The van der Waals surface area contributed by atoms with Gasteiger partial charge in [-0.3, -0.25) is 14.9 Å². The Bertz CT molecular complexity index is 552. The number of nitrogens with zero attached hydrogens (tertiary/aromatic N) is 1. The molecule has 0 saturated carbocycles. The fraction of sp³-hybridized carbons (Fsp3) is 0.500. The van der Waals surface area contributed by atoms with Gasteiger partial charge < -0.3 is 15.2 Å². The van der Waals surface area contributed by atoms with Gasteiger partial charge in [0.25, 0.3) is 5.69 Å². The first-order valence-corrected chi connectivity index (χ1v) is 6.73. The Balaban J connectivity index is 2.34. The Labute approximate surface area is 122 Å². The first-order chi connectivity index (χ1) is 9.97. The van der Waals surface area contributed by atoms with Crippen molar-refractivity contribution in [3.8, 4) is 5.75 Å². The van der Waals surface area contributed by atoms with Crippen molar-refractivity contribution < 1.29 is 19.6 Å². The zero-order valence-electron chi connectivity index (χ0n) is 11.8. The van der Waals surface area contributed by atoms with E-state index in [1.165, 1.54) is 19.2 Å². The normalized spacial score (nSPS) is 17.2. The van der Waals surface area contributed by atoms with Crippen LogP contribution in [0, 0.1) is 15.5 Å². The second-order valence-electron chi connectivity index (χ2n) is 5.31. The van der Waals surface area contributed by atoms with E-state index in [4.69, 9.17) is 4.74 Å². The number of carboxylic acids is 1. The highest BCUT2D eigenvalue weighted by molar-refractivity contribution is 5.75. The molecule has 1 saturated heterocycles. The molecule has 0 radical (unpaired) electrons. The van der Waals surface area contributed by atoms with Crippen LogP contribution in [0.3, 0.4) is 0 Å². The van der Waals surface area contributed by atoms with Crippen molar-refractivity contribution in [2.45, 2.75) is 19.3 Å². The van der Waals surface area contributed by atoms with E-state index in [9.17, 15) is 20.0 Å². The number of aliphatic carboxylic acids is 1. The molecule has 1 heterocycles. The predicted octanol–water partition coefficient (Wildman–Crippen LogP) is 1.60. The number of hydrogen-bond donors (Lipinski definition) is 2. The molecule has 0 aromatic heterocycles. The number of carboxylic acid groups (broad SMARTS) is 1. The van der Waals surface area contributed by atoms with Crippen LogP contribution in [0.2, 0.25) is 0 Å². The predicted molar refractivity (Wildman–Crippen MR) is 75.5 cm³/mol. The summed E-state index contributed by atoms with van der Waals surface area (Å²) in [5.74, 6) is -0.483. The average Bonchev–Trinajstić information content (AvgIpc) is 2.47. The van der Waals surface area contributed by atoms with E-state index in [1.54, 1.807) is 6.07 Å². The number of nitro benzene ring substituents is 1. The van der Waals surface area contributed by atoms with Gasteiger partial charge in [0.1, 0.15) is 5.75 Å². The van der Waals surface area contributed by atoms with Gasteiger partial charge in [-0.1, -0.05) is 0 Å². The molecule has 1 aromatic rings. The third-order valence-corrected chi connectivity index (χ3v) is 3.95. The molecule has 1 aliphatic rings. The summed E-state index contributed by atoms with van der Waals surface area (Å²) in [5.41, 5.74) is -0.338. The Morgan fingerprint density at radius 3 is 2.62 bits per heavy atom. The van der Waals surface area contributed by atoms with Gasteiger partial charge in [-0.2, -0.15) is 0 Å². The van der Waals surface area contributed by atoms with Gasteiger partial charge in [0, 0.05) is 6.07 Å². The van der Waals surface area contributed by atoms with Crippen molar-refractivity contribution in [1.29, 1.82) is 0 Å². The summed E-state index contributed by atoms with van der Waals surface area (Å²) in [5, 5.41) is 23.6. The summed E-state index contributed by atoms with van der Waals surface area (Å²) >= 11 is 0. The second kappa shape index (κ2) is 6.09. The molecule has 1 aromatic carbocycles. The Hall–Kier alpha value is -2.15. The van der Waals surface area contributed by atoms with Gasteiger partial charge in [0.2, 0.25) is 0 Å². The number of nitro groups is 1. The summed E-state index contributed by atoms with van der Waals surface area (Å²) in [6, 6.07) is 4.42. The van der Waals surface area contributed by atoms with Crippen LogP contribution in [0.4, 0.5) is 5.69 Å². The number of hydrogen-bond acceptors (Lipinski definition) is 5. The molecule has 0 unspecified atom stereocenters. The van der Waals surface area contributed by atoms with Crippen molar-refractivity contribution in [2.24, 2.45) is 5.41 Å². The maximum Gasteiger partial charge on any atom is 0.310 e. The third-order valence-electron chi connectivity index (χ3n) is 3.95. The Kier molecular flexibility index (Phi) is 4.42. The summed E-state index contributed by atoms with van der Waals surface area (Å²) in [6.45, 7) is 1.27. The number of ether oxygens (including phenoxy) is 1. The van der Waals surface area contributed by atoms with E-state index in [1.807, 2.05) is 0 Å². The van der Waals surface area contributed by atoms with Gasteiger partial charge >= 0.3 is 5.97 Å². The number of nitrogens with one attached hydrogen (secondary N) is 1. The molecule has 0 spiro atoms. The van der Waals surface area contributed by atoms with E-state index in [0.717, 1.165) is 0 Å². The molecule has 1 fully saturated rings. The van der Waals surface area contributed by atoms with E-state index < -0.39 is 16.3 Å². The van der Waals surface area contributed by atoms with Gasteiger partial charge in [0.05, 0.1) is 23.5 Å². The summed E-state index contributed by atoms with van der Waals surface area (Å²) in [6.07, 6.45) is 1.28. The molecule has 7 nitrogen and oxygen atoms in total. The molecular weight excluding hydrogens is 276 g/mol. The molecule has 21 heavy (non-hydrogen) atoms. The number of non-ortho nitro benzene ring substituents is 1. The number of methoxy groups -OCH3 is 1. The van der Waals surface area contributed by atoms with Crippen LogP contribution >= 0.6 is 0 Å². The average molecular weight is 294 g/mol. The van der Waals surface area contributed by atoms with Crippen molar-refractivity contribution in [2.75, 3.05) is 20.2 Å². The highest BCUT2D eigenvalue weighted by atomic mass is 16.6. The standard InChI is InChI=1S/C14H18N2O5/c1-21-12-7-10(6-11(8-12)16(19)20)9-14(13(17)18)2-4-15-5-3-14/h6-8,15H,2-5,9H2,1H3,(H,17,18). The number of piperidine rings is 1. The SMILES string of the molecule is COc1cc(CC2(C(=O)O)CCNCC2)cc([N+](=O)[O-])c1. The summed E-state index contributed by atoms with van der Waals surface area (Å²) < 4.78 is 5.06. The molecule has 0 bridgehead atoms.